The van der Waals surface area contributed by atoms with Gasteiger partial charge in [-0.15, -0.1) is 0 Å². The molecule has 0 amide bonds. The lowest BCUT2D eigenvalue weighted by Gasteiger charge is -2.31. The Kier molecular flexibility index (Phi) is 27.2. The molecule has 0 radical (unpaired) electrons. The molecule has 8 nitrogen and oxygen atoms in total. The predicted molar refractivity (Wildman–Crippen MR) is 560 cm³/mol. The van der Waals surface area contributed by atoms with Gasteiger partial charge in [0.25, 0.3) is 0 Å². The summed E-state index contributed by atoms with van der Waals surface area (Å²) in [4.78, 5) is 9.44. The van der Waals surface area contributed by atoms with E-state index in [2.05, 4.69) is 391 Å². The molecule has 652 valence electrons. The second-order valence-electron chi connectivity index (χ2n) is 33.9. The van der Waals surface area contributed by atoms with Crippen molar-refractivity contribution in [2.24, 2.45) is 0 Å². The quantitative estimate of drug-likeness (QED) is 0.0786. The molecular weight excluding hydrogens is 1690 g/mol. The summed E-state index contributed by atoms with van der Waals surface area (Å²) >= 11 is 0. The average Bonchev–Trinajstić information content (AvgIpc) is 1.58. The zero-order valence-electron chi connectivity index (χ0n) is 76.0. The molecule has 12 heteroatoms. The van der Waals surface area contributed by atoms with Crippen LogP contribution in [0.2, 0.25) is 0 Å². The van der Waals surface area contributed by atoms with Crippen molar-refractivity contribution in [1.82, 2.24) is 9.97 Å². The highest BCUT2D eigenvalue weighted by atomic mass is 31.1. The van der Waals surface area contributed by atoms with Crippen LogP contribution in [0.15, 0.2) is 376 Å². The average molecular weight is 1800 g/mol. The summed E-state index contributed by atoms with van der Waals surface area (Å²) in [5.74, 6) is 4.31. The van der Waals surface area contributed by atoms with Crippen LogP contribution in [-0.4, -0.2) is 37.8 Å². The zero-order valence-corrected chi connectivity index (χ0v) is 79.6. The fourth-order valence-electron chi connectivity index (χ4n) is 19.6. The van der Waals surface area contributed by atoms with E-state index in [-0.39, 0.29) is 13.6 Å². The summed E-state index contributed by atoms with van der Waals surface area (Å²) in [5.41, 5.74) is 23.5. The Morgan fingerprint density at radius 1 is 0.242 bits per heavy atom. The molecule has 0 fully saturated rings. The number of hydrogen-bond acceptors (Lipinski definition) is 8. The molecule has 0 bridgehead atoms. The van der Waals surface area contributed by atoms with Crippen molar-refractivity contribution in [3.05, 3.63) is 432 Å². The smallest absolute Gasteiger partial charge is 0.231 e. The van der Waals surface area contributed by atoms with Gasteiger partial charge in [0, 0.05) is 51.1 Å². The third kappa shape index (κ3) is 18.3. The van der Waals surface area contributed by atoms with Crippen LogP contribution in [0.4, 0.5) is 0 Å². The van der Waals surface area contributed by atoms with Gasteiger partial charge >= 0.3 is 0 Å². The summed E-state index contributed by atoms with van der Waals surface area (Å²) in [6.07, 6.45) is 10.2. The monoisotopic (exact) mass is 1790 g/mol. The van der Waals surface area contributed by atoms with Crippen LogP contribution in [0.25, 0.3) is 66.1 Å². The second kappa shape index (κ2) is 40.7. The van der Waals surface area contributed by atoms with Gasteiger partial charge in [-0.2, -0.15) is 0 Å². The molecule has 4 aliphatic rings. The Labute approximate surface area is 781 Å². The van der Waals surface area contributed by atoms with E-state index in [1.807, 2.05) is 32.0 Å². The van der Waals surface area contributed by atoms with Crippen LogP contribution < -0.4 is 92.1 Å². The number of aryl methyl sites for hydroxylation is 8. The van der Waals surface area contributed by atoms with Gasteiger partial charge in [0.15, 0.2) is 23.0 Å². The molecule has 0 spiro atoms. The molecule has 16 aromatic carbocycles. The Morgan fingerprint density at radius 3 is 1.02 bits per heavy atom. The van der Waals surface area contributed by atoms with Gasteiger partial charge in [-0.05, 0) is 289 Å². The number of benzene rings is 16. The minimum Gasteiger partial charge on any atom is -0.481 e. The van der Waals surface area contributed by atoms with E-state index in [4.69, 9.17) is 33.4 Å². The minimum atomic E-state index is -0.848. The van der Waals surface area contributed by atoms with Gasteiger partial charge in [0.05, 0.1) is 14.2 Å². The van der Waals surface area contributed by atoms with Crippen molar-refractivity contribution in [1.29, 1.82) is 0 Å². The van der Waals surface area contributed by atoms with E-state index >= 15 is 0 Å². The molecular formula is C120H106N2O6P4. The fraction of sp³-hybridized carbons (Fsp3) is 0.150. The summed E-state index contributed by atoms with van der Waals surface area (Å²) in [7, 11) is 0.266. The maximum Gasteiger partial charge on any atom is 0.231 e. The number of hydrogen-bond donors (Lipinski definition) is 0. The Balaban J connectivity index is 0.000000114. The molecule has 2 aromatic heterocycles. The fourth-order valence-corrected chi connectivity index (χ4v) is 29.5. The SMILES string of the molecule is COc1cc(C)c(-c2c(P(c3ccccc3)c3ccccc3)cc(OC)nc2C)c(C)n1.Cc1ccc2c(c1-c1c(P(c3ccccc3)c3ccccc3)ccc3c1CCCC3)CCCC2.Cc1ccc2c(c1-c1c(P(c3ccccc3)c3ccccc3)ccc3c1OCO3)OCO2.Cc1ccc2ccccc2c1-c1c(P(c2ccccc2)c2ccccc2)ccc2ccccc12. The van der Waals surface area contributed by atoms with Crippen LogP contribution in [-0.2, 0) is 25.7 Å². The molecule has 0 unspecified atom stereocenters. The van der Waals surface area contributed by atoms with Crippen LogP contribution in [0.1, 0.15) is 81.6 Å². The maximum absolute atomic E-state index is 6.05. The van der Waals surface area contributed by atoms with Gasteiger partial charge in [0.2, 0.25) is 25.3 Å². The van der Waals surface area contributed by atoms with E-state index < -0.39 is 31.7 Å². The third-order valence-corrected chi connectivity index (χ3v) is 35.5. The highest BCUT2D eigenvalue weighted by Gasteiger charge is 2.35. The number of methoxy groups -OCH3 is 2. The van der Waals surface area contributed by atoms with Gasteiger partial charge in [-0.25, -0.2) is 9.97 Å². The highest BCUT2D eigenvalue weighted by molar-refractivity contribution is 7.81. The molecule has 0 atom stereocenters. The van der Waals surface area contributed by atoms with E-state index in [1.165, 1.54) is 154 Å². The Hall–Kier alpha value is -13.1. The molecule has 0 saturated heterocycles. The second-order valence-corrected chi connectivity index (χ2v) is 42.6. The van der Waals surface area contributed by atoms with Gasteiger partial charge < -0.3 is 28.4 Å². The first-order valence-corrected chi connectivity index (χ1v) is 51.1. The van der Waals surface area contributed by atoms with Crippen LogP contribution in [0.5, 0.6) is 34.8 Å². The number of aromatic nitrogens is 2. The largest absolute Gasteiger partial charge is 0.481 e. The first-order chi connectivity index (χ1) is 65.0. The van der Waals surface area contributed by atoms with E-state index in [9.17, 15) is 0 Å². The van der Waals surface area contributed by atoms with E-state index in [0.717, 1.165) is 67.8 Å². The number of fused-ring (bicyclic) bond motifs is 6. The van der Waals surface area contributed by atoms with Crippen molar-refractivity contribution >= 4 is 117 Å². The number of rotatable bonds is 18. The number of ether oxygens (including phenoxy) is 6. The molecule has 2 aliphatic heterocycles. The van der Waals surface area contributed by atoms with Gasteiger partial charge in [-0.3, -0.25) is 0 Å². The maximum atomic E-state index is 6.05. The number of nitrogens with zero attached hydrogens (tertiary/aromatic N) is 2. The third-order valence-electron chi connectivity index (χ3n) is 25.6. The van der Waals surface area contributed by atoms with Crippen LogP contribution >= 0.6 is 31.7 Å². The van der Waals surface area contributed by atoms with Crippen molar-refractivity contribution in [3.8, 4) is 79.3 Å². The molecule has 2 aliphatic carbocycles. The predicted octanol–water partition coefficient (Wildman–Crippen LogP) is 24.6. The molecule has 4 heterocycles. The Morgan fingerprint density at radius 2 is 0.561 bits per heavy atom. The van der Waals surface area contributed by atoms with Crippen molar-refractivity contribution in [3.63, 3.8) is 0 Å². The first-order valence-electron chi connectivity index (χ1n) is 45.7. The molecule has 22 rings (SSSR count). The lowest BCUT2D eigenvalue weighted by atomic mass is 9.79. The molecule has 0 N–H and O–H groups in total. The summed E-state index contributed by atoms with van der Waals surface area (Å²) in [6, 6.07) is 136. The normalized spacial score (nSPS) is 12.8. The zero-order chi connectivity index (χ0) is 90.0. The summed E-state index contributed by atoms with van der Waals surface area (Å²) < 4.78 is 34.5. The van der Waals surface area contributed by atoms with Crippen molar-refractivity contribution < 1.29 is 28.4 Å². The first kappa shape index (κ1) is 88.1. The minimum absolute atomic E-state index is 0.214. The number of pyridine rings is 2. The van der Waals surface area contributed by atoms with E-state index in [0.29, 0.717) is 11.8 Å². The standard InChI is InChI=1S/C33H33P.C33H25P.C27H27N2O2P.C27H21O4P/c2*1-24-20-21-25-12-8-10-18-29(25)32(24)33-30-19-11-9-13-26(30)22-23-31(33)34(27-14-4-2-5-15-27)28-16-6-3-7-17-28;1-18-16-24(30-4)28-19(2)26(18)27-20(3)29-25(31-5)17-23(27)32(21-12-8-6-9-13-21)22-14-10-7-11-15-22;1-18-12-13-21-26(30-16-28-21)24(18)25-23(15-14-22-27(25)31-17-29-22)32(19-8-4-2-5-9-19)20-10-6-3-7-11-20/h2-7,14-17,20-23H,8-13,18-19H2,1H3;2-23H,1H3;6-17H,1-5H3;2-15H,16-17H2,1H3. The van der Waals surface area contributed by atoms with Gasteiger partial charge in [0.1, 0.15) is 0 Å². The van der Waals surface area contributed by atoms with Gasteiger partial charge in [-0.1, -0.05) is 346 Å². The highest BCUT2D eigenvalue weighted by Crippen LogP contribution is 2.54. The van der Waals surface area contributed by atoms with Crippen molar-refractivity contribution in [2.75, 3.05) is 27.8 Å². The molecule has 18 aromatic rings. The van der Waals surface area contributed by atoms with E-state index in [1.54, 1.807) is 52.9 Å². The van der Waals surface area contributed by atoms with Crippen LogP contribution in [0, 0.1) is 41.5 Å². The van der Waals surface area contributed by atoms with Crippen molar-refractivity contribution in [2.45, 2.75) is 92.9 Å². The topological polar surface area (TPSA) is 81.2 Å². The molecule has 0 saturated carbocycles. The lowest BCUT2D eigenvalue weighted by molar-refractivity contribution is 0.173. The molecule has 132 heavy (non-hydrogen) atoms. The summed E-state index contributed by atoms with van der Waals surface area (Å²) in [6.45, 7) is 13.3. The lowest BCUT2D eigenvalue weighted by Crippen LogP contribution is -2.25. The Bertz CT molecular complexity index is 6960. The van der Waals surface area contributed by atoms with Crippen LogP contribution in [0.3, 0.4) is 0 Å². The summed E-state index contributed by atoms with van der Waals surface area (Å²) in [5, 5.41) is 21.3.